The van der Waals surface area contributed by atoms with Crippen molar-refractivity contribution in [2.24, 2.45) is 0 Å². The number of halogens is 2. The number of carbonyl (C=O) groups excluding carboxylic acids is 1. The lowest BCUT2D eigenvalue weighted by molar-refractivity contribution is 0.0697. The van der Waals surface area contributed by atoms with Crippen LogP contribution < -0.4 is 0 Å². The Kier molecular flexibility index (Phi) is 4.81. The number of amides is 1. The first-order chi connectivity index (χ1) is 9.00. The first-order valence-electron chi connectivity index (χ1n) is 5.60. The van der Waals surface area contributed by atoms with Gasteiger partial charge in [0.1, 0.15) is 0 Å². The second-order valence-corrected chi connectivity index (χ2v) is 5.84. The fourth-order valence-electron chi connectivity index (χ4n) is 1.91. The number of carbonyl (C=O) groups is 1. The maximum atomic E-state index is 12.3. The predicted octanol–water partition coefficient (Wildman–Crippen LogP) is 1.89. The van der Waals surface area contributed by atoms with E-state index in [1.165, 1.54) is 4.31 Å². The minimum atomic E-state index is -1.99. The van der Waals surface area contributed by atoms with Crippen molar-refractivity contribution in [3.8, 4) is 0 Å². The molecule has 2 rings (SSSR count). The molecule has 5 nitrogen and oxygen atoms in total. The summed E-state index contributed by atoms with van der Waals surface area (Å²) in [4.78, 5) is 13.9. The molecule has 19 heavy (non-hydrogen) atoms. The Morgan fingerprint density at radius 3 is 2.16 bits per heavy atom. The molecule has 1 fully saturated rings. The van der Waals surface area contributed by atoms with Crippen LogP contribution >= 0.6 is 23.2 Å². The summed E-state index contributed by atoms with van der Waals surface area (Å²) in [7, 11) is 0. The molecule has 0 aliphatic carbocycles. The van der Waals surface area contributed by atoms with E-state index in [1.54, 1.807) is 23.1 Å². The molecule has 104 valence electrons. The van der Waals surface area contributed by atoms with Crippen LogP contribution in [0.5, 0.6) is 0 Å². The Hall–Kier alpha value is -0.660. The number of rotatable bonds is 2. The van der Waals surface area contributed by atoms with Gasteiger partial charge in [-0.2, -0.15) is 4.31 Å². The Morgan fingerprint density at radius 1 is 1.16 bits per heavy atom. The first-order valence-corrected chi connectivity index (χ1v) is 7.42. The maximum Gasteiger partial charge on any atom is 0.256 e. The van der Waals surface area contributed by atoms with Gasteiger partial charge in [-0.25, -0.2) is 4.21 Å². The van der Waals surface area contributed by atoms with Gasteiger partial charge in [0.05, 0.1) is 15.6 Å². The zero-order chi connectivity index (χ0) is 14.0. The summed E-state index contributed by atoms with van der Waals surface area (Å²) < 4.78 is 21.2. The van der Waals surface area contributed by atoms with Gasteiger partial charge in [-0.3, -0.25) is 9.35 Å². The topological polar surface area (TPSA) is 60.9 Å². The van der Waals surface area contributed by atoms with Crippen LogP contribution in [0.1, 0.15) is 10.4 Å². The summed E-state index contributed by atoms with van der Waals surface area (Å²) in [5.41, 5.74) is 0.282. The van der Waals surface area contributed by atoms with Crippen LogP contribution in [-0.4, -0.2) is 50.1 Å². The predicted molar refractivity (Wildman–Crippen MR) is 74.7 cm³/mol. The number of hydrogen-bond donors (Lipinski definition) is 1. The van der Waals surface area contributed by atoms with Gasteiger partial charge in [0, 0.05) is 26.2 Å². The van der Waals surface area contributed by atoms with E-state index < -0.39 is 11.3 Å². The Labute approximate surface area is 123 Å². The average molecular weight is 323 g/mol. The van der Waals surface area contributed by atoms with E-state index in [0.717, 1.165) is 0 Å². The molecule has 0 radical (unpaired) electrons. The largest absolute Gasteiger partial charge is 0.336 e. The molecule has 1 aromatic rings. The average Bonchev–Trinajstić information content (AvgIpc) is 2.38. The van der Waals surface area contributed by atoms with Gasteiger partial charge >= 0.3 is 0 Å². The van der Waals surface area contributed by atoms with E-state index >= 15 is 0 Å². The van der Waals surface area contributed by atoms with Crippen LogP contribution in [0.25, 0.3) is 0 Å². The molecule has 0 bridgehead atoms. The Bertz CT molecular complexity index is 498. The zero-order valence-corrected chi connectivity index (χ0v) is 12.2. The molecular weight excluding hydrogens is 311 g/mol. The fourth-order valence-corrected chi connectivity index (χ4v) is 2.94. The SMILES string of the molecule is O=C(c1c(Cl)cccc1Cl)N1CCN(S(=O)O)CC1. The molecule has 1 aliphatic heterocycles. The summed E-state index contributed by atoms with van der Waals surface area (Å²) in [5, 5.41) is 0.622. The van der Waals surface area contributed by atoms with Crippen molar-refractivity contribution >= 4 is 40.4 Å². The quantitative estimate of drug-likeness (QED) is 0.846. The minimum absolute atomic E-state index is 0.251. The molecule has 1 saturated heterocycles. The number of hydrogen-bond acceptors (Lipinski definition) is 2. The highest BCUT2D eigenvalue weighted by atomic mass is 35.5. The Balaban J connectivity index is 2.12. The summed E-state index contributed by atoms with van der Waals surface area (Å²) in [5.74, 6) is -0.251. The molecule has 1 atom stereocenters. The maximum absolute atomic E-state index is 12.3. The van der Waals surface area contributed by atoms with Crippen molar-refractivity contribution in [1.29, 1.82) is 0 Å². The summed E-state index contributed by atoms with van der Waals surface area (Å²) in [6.07, 6.45) is 0. The summed E-state index contributed by atoms with van der Waals surface area (Å²) in [6, 6.07) is 4.90. The standard InChI is InChI=1S/C11H12Cl2N2O3S/c12-8-2-1-3-9(13)10(8)11(16)14-4-6-15(7-5-14)19(17)18/h1-3H,4-7H2,(H,17,18). The third kappa shape index (κ3) is 3.27. The smallest absolute Gasteiger partial charge is 0.256 e. The molecule has 0 aromatic heterocycles. The van der Waals surface area contributed by atoms with E-state index in [1.807, 2.05) is 0 Å². The van der Waals surface area contributed by atoms with Crippen molar-refractivity contribution in [2.45, 2.75) is 0 Å². The van der Waals surface area contributed by atoms with Crippen LogP contribution in [0.3, 0.4) is 0 Å². The highest BCUT2D eigenvalue weighted by molar-refractivity contribution is 7.76. The number of piperazine rings is 1. The van der Waals surface area contributed by atoms with Crippen molar-refractivity contribution in [1.82, 2.24) is 9.21 Å². The molecular formula is C11H12Cl2N2O3S. The molecule has 1 amide bonds. The monoisotopic (exact) mass is 322 g/mol. The minimum Gasteiger partial charge on any atom is -0.336 e. The number of nitrogens with zero attached hydrogens (tertiary/aromatic N) is 2. The Morgan fingerprint density at radius 2 is 1.68 bits per heavy atom. The van der Waals surface area contributed by atoms with Gasteiger partial charge < -0.3 is 4.90 Å². The van der Waals surface area contributed by atoms with Crippen LogP contribution in [0, 0.1) is 0 Å². The van der Waals surface area contributed by atoms with Gasteiger partial charge in [-0.1, -0.05) is 29.3 Å². The third-order valence-corrected chi connectivity index (χ3v) is 4.36. The lowest BCUT2D eigenvalue weighted by Crippen LogP contribution is -2.49. The van der Waals surface area contributed by atoms with Crippen LogP contribution in [0.4, 0.5) is 0 Å². The van der Waals surface area contributed by atoms with Crippen molar-refractivity contribution in [2.75, 3.05) is 26.2 Å². The van der Waals surface area contributed by atoms with Crippen LogP contribution in [-0.2, 0) is 11.3 Å². The van der Waals surface area contributed by atoms with Crippen molar-refractivity contribution in [3.63, 3.8) is 0 Å². The fraction of sp³-hybridized carbons (Fsp3) is 0.364. The highest BCUT2D eigenvalue weighted by Gasteiger charge is 2.26. The first kappa shape index (κ1) is 14.7. The van der Waals surface area contributed by atoms with Crippen molar-refractivity contribution < 1.29 is 13.6 Å². The zero-order valence-electron chi connectivity index (χ0n) is 9.88. The normalized spacial score (nSPS) is 18.4. The van der Waals surface area contributed by atoms with E-state index in [2.05, 4.69) is 0 Å². The van der Waals surface area contributed by atoms with E-state index in [0.29, 0.717) is 36.2 Å². The molecule has 1 aliphatic rings. The lowest BCUT2D eigenvalue weighted by atomic mass is 10.2. The molecule has 1 aromatic carbocycles. The van der Waals surface area contributed by atoms with Gasteiger partial charge in [0.15, 0.2) is 0 Å². The molecule has 1 unspecified atom stereocenters. The number of benzene rings is 1. The van der Waals surface area contributed by atoms with Gasteiger partial charge in [-0.05, 0) is 12.1 Å². The summed E-state index contributed by atoms with van der Waals surface area (Å²) in [6.45, 7) is 1.42. The highest BCUT2D eigenvalue weighted by Crippen LogP contribution is 2.26. The second kappa shape index (κ2) is 6.19. The molecule has 0 spiro atoms. The van der Waals surface area contributed by atoms with Gasteiger partial charge in [-0.15, -0.1) is 0 Å². The van der Waals surface area contributed by atoms with Gasteiger partial charge in [0.25, 0.3) is 5.91 Å². The van der Waals surface area contributed by atoms with E-state index in [9.17, 15) is 9.00 Å². The van der Waals surface area contributed by atoms with E-state index in [-0.39, 0.29) is 11.5 Å². The van der Waals surface area contributed by atoms with Gasteiger partial charge in [0.2, 0.25) is 11.3 Å². The van der Waals surface area contributed by atoms with Crippen molar-refractivity contribution in [3.05, 3.63) is 33.8 Å². The second-order valence-electron chi connectivity index (χ2n) is 4.05. The molecule has 8 heteroatoms. The summed E-state index contributed by atoms with van der Waals surface area (Å²) >= 11 is 9.99. The van der Waals surface area contributed by atoms with Crippen LogP contribution in [0.2, 0.25) is 10.0 Å². The molecule has 1 N–H and O–H groups in total. The van der Waals surface area contributed by atoms with Crippen LogP contribution in [0.15, 0.2) is 18.2 Å². The third-order valence-electron chi connectivity index (χ3n) is 2.92. The molecule has 0 saturated carbocycles. The lowest BCUT2D eigenvalue weighted by Gasteiger charge is -2.32. The molecule has 1 heterocycles. The van der Waals surface area contributed by atoms with E-state index in [4.69, 9.17) is 27.8 Å².